The highest BCUT2D eigenvalue weighted by Gasteiger charge is 2.55. The van der Waals surface area contributed by atoms with Crippen molar-refractivity contribution < 1.29 is 46.3 Å². The molecule has 3 aromatic carbocycles. The van der Waals surface area contributed by atoms with Gasteiger partial charge in [0.1, 0.15) is 24.9 Å². The van der Waals surface area contributed by atoms with Crippen LogP contribution in [0.4, 0.5) is 0 Å². The maximum Gasteiger partial charge on any atom is 0.338 e. The maximum atomic E-state index is 13.1. The summed E-state index contributed by atoms with van der Waals surface area (Å²) in [5.74, 6) is -2.33. The molecule has 0 saturated carbocycles. The number of esters is 2. The standard InChI is InChI=1S/C28H27NO10S/c1-36-28-22(29-25(30)18-11-5-2-6-12-18)23(39-27(32)20-15-9-4-10-16-20)24(40(33,34)35)21(38-28)17-37-26(31)19-13-7-3-8-14-19/h2-16,21-24,28H,17H2,1H3,(H,29,30)(H,33,34,35)/t21-,22-,23-,24-,28+/m1/s1. The van der Waals surface area contributed by atoms with Gasteiger partial charge in [-0.2, -0.15) is 8.42 Å². The summed E-state index contributed by atoms with van der Waals surface area (Å²) in [5, 5.41) is 0.645. The summed E-state index contributed by atoms with van der Waals surface area (Å²) in [4.78, 5) is 38.6. The highest BCUT2D eigenvalue weighted by molar-refractivity contribution is 7.86. The van der Waals surface area contributed by atoms with Crippen molar-refractivity contribution in [3.05, 3.63) is 108 Å². The molecule has 0 aromatic heterocycles. The summed E-state index contributed by atoms with van der Waals surface area (Å²) in [6.07, 6.45) is -4.61. The molecule has 0 bridgehead atoms. The molecule has 40 heavy (non-hydrogen) atoms. The van der Waals surface area contributed by atoms with Crippen LogP contribution in [0.1, 0.15) is 31.1 Å². The average Bonchev–Trinajstić information content (AvgIpc) is 2.97. The van der Waals surface area contributed by atoms with Crippen LogP contribution in [-0.4, -0.2) is 74.3 Å². The second kappa shape index (κ2) is 12.8. The van der Waals surface area contributed by atoms with Crippen molar-refractivity contribution in [2.24, 2.45) is 0 Å². The number of carbonyl (C=O) groups excluding carboxylic acids is 3. The number of benzene rings is 3. The van der Waals surface area contributed by atoms with Gasteiger partial charge >= 0.3 is 11.9 Å². The third-order valence-corrected chi connectivity index (χ3v) is 7.46. The van der Waals surface area contributed by atoms with Crippen molar-refractivity contribution >= 4 is 28.0 Å². The van der Waals surface area contributed by atoms with Gasteiger partial charge in [-0.05, 0) is 36.4 Å². The van der Waals surface area contributed by atoms with Crippen LogP contribution in [0, 0.1) is 0 Å². The quantitative estimate of drug-likeness (QED) is 0.290. The number of rotatable bonds is 9. The third kappa shape index (κ3) is 6.90. The first-order valence-electron chi connectivity index (χ1n) is 12.2. The average molecular weight is 570 g/mol. The molecule has 5 atom stereocenters. The molecule has 1 fully saturated rings. The van der Waals surface area contributed by atoms with Crippen LogP contribution in [-0.2, 0) is 29.1 Å². The van der Waals surface area contributed by atoms with Crippen LogP contribution >= 0.6 is 0 Å². The monoisotopic (exact) mass is 569 g/mol. The van der Waals surface area contributed by atoms with Crippen LogP contribution in [0.15, 0.2) is 91.0 Å². The van der Waals surface area contributed by atoms with Gasteiger partial charge in [0.2, 0.25) is 0 Å². The second-order valence-electron chi connectivity index (χ2n) is 8.82. The zero-order chi connectivity index (χ0) is 28.7. The summed E-state index contributed by atoms with van der Waals surface area (Å²) < 4.78 is 57.8. The summed E-state index contributed by atoms with van der Waals surface area (Å²) in [5.41, 5.74) is 0.523. The molecule has 1 saturated heterocycles. The molecular formula is C28H27NO10S. The predicted octanol–water partition coefficient (Wildman–Crippen LogP) is 2.50. The molecular weight excluding hydrogens is 542 g/mol. The van der Waals surface area contributed by atoms with Gasteiger partial charge < -0.3 is 24.3 Å². The fourth-order valence-corrected chi connectivity index (χ4v) is 5.39. The van der Waals surface area contributed by atoms with Crippen LogP contribution in [0.2, 0.25) is 0 Å². The van der Waals surface area contributed by atoms with Gasteiger partial charge in [0, 0.05) is 12.7 Å². The summed E-state index contributed by atoms with van der Waals surface area (Å²) in [6.45, 7) is -0.642. The lowest BCUT2D eigenvalue weighted by Gasteiger charge is -2.44. The molecule has 1 aliphatic heterocycles. The van der Waals surface area contributed by atoms with Gasteiger partial charge in [0.05, 0.1) is 11.1 Å². The number of nitrogens with one attached hydrogen (secondary N) is 1. The molecule has 12 heteroatoms. The Morgan fingerprint density at radius 1 is 0.825 bits per heavy atom. The number of carbonyl (C=O) groups is 3. The van der Waals surface area contributed by atoms with Crippen molar-refractivity contribution in [3.8, 4) is 0 Å². The highest BCUT2D eigenvalue weighted by atomic mass is 32.2. The zero-order valence-corrected chi connectivity index (χ0v) is 22.1. The van der Waals surface area contributed by atoms with Crippen molar-refractivity contribution in [3.63, 3.8) is 0 Å². The molecule has 0 aliphatic carbocycles. The smallest absolute Gasteiger partial charge is 0.338 e. The van der Waals surface area contributed by atoms with Gasteiger partial charge in [0.25, 0.3) is 16.0 Å². The second-order valence-corrected chi connectivity index (χ2v) is 10.4. The molecule has 1 heterocycles. The Morgan fingerprint density at radius 2 is 1.32 bits per heavy atom. The van der Waals surface area contributed by atoms with Gasteiger partial charge in [-0.3, -0.25) is 9.35 Å². The first-order chi connectivity index (χ1) is 19.2. The Bertz CT molecular complexity index is 1420. The van der Waals surface area contributed by atoms with Crippen LogP contribution in [0.3, 0.4) is 0 Å². The predicted molar refractivity (Wildman–Crippen MR) is 141 cm³/mol. The fraction of sp³-hybridized carbons (Fsp3) is 0.250. The number of hydrogen-bond donors (Lipinski definition) is 2. The van der Waals surface area contributed by atoms with E-state index >= 15 is 0 Å². The minimum absolute atomic E-state index is 0.0947. The fourth-order valence-electron chi connectivity index (χ4n) is 4.30. The molecule has 0 spiro atoms. The van der Waals surface area contributed by atoms with E-state index in [4.69, 9.17) is 18.9 Å². The highest BCUT2D eigenvalue weighted by Crippen LogP contribution is 2.30. The lowest BCUT2D eigenvalue weighted by molar-refractivity contribution is -0.223. The Hall–Kier alpha value is -4.10. The Labute approximate surface area is 230 Å². The number of methoxy groups -OCH3 is 1. The third-order valence-electron chi connectivity index (χ3n) is 6.20. The largest absolute Gasteiger partial charge is 0.459 e. The number of hydrogen-bond acceptors (Lipinski definition) is 9. The number of ether oxygens (including phenoxy) is 4. The first kappa shape index (κ1) is 28.9. The lowest BCUT2D eigenvalue weighted by Crippen LogP contribution is -2.67. The van der Waals surface area contributed by atoms with E-state index in [1.54, 1.807) is 54.6 Å². The van der Waals surface area contributed by atoms with E-state index in [2.05, 4.69) is 5.32 Å². The van der Waals surface area contributed by atoms with E-state index in [1.165, 1.54) is 43.5 Å². The van der Waals surface area contributed by atoms with E-state index in [1.807, 2.05) is 0 Å². The van der Waals surface area contributed by atoms with Gasteiger partial charge in [0.15, 0.2) is 11.5 Å². The summed E-state index contributed by atoms with van der Waals surface area (Å²) >= 11 is 0. The normalized spacial score (nSPS) is 22.6. The number of amides is 1. The molecule has 2 N–H and O–H groups in total. The molecule has 3 aromatic rings. The molecule has 0 unspecified atom stereocenters. The zero-order valence-electron chi connectivity index (χ0n) is 21.3. The lowest BCUT2D eigenvalue weighted by atomic mass is 9.98. The van der Waals surface area contributed by atoms with E-state index in [0.29, 0.717) is 0 Å². The van der Waals surface area contributed by atoms with Crippen LogP contribution < -0.4 is 5.32 Å². The molecule has 11 nitrogen and oxygen atoms in total. The van der Waals surface area contributed by atoms with Gasteiger partial charge in [-0.15, -0.1) is 0 Å². The Morgan fingerprint density at radius 3 is 1.82 bits per heavy atom. The first-order valence-corrected chi connectivity index (χ1v) is 13.7. The Balaban J connectivity index is 1.68. The van der Waals surface area contributed by atoms with E-state index in [9.17, 15) is 27.4 Å². The molecule has 210 valence electrons. The molecule has 1 aliphatic rings. The minimum Gasteiger partial charge on any atom is -0.459 e. The van der Waals surface area contributed by atoms with Gasteiger partial charge in [-0.25, -0.2) is 9.59 Å². The van der Waals surface area contributed by atoms with Gasteiger partial charge in [-0.1, -0.05) is 54.6 Å². The molecule has 1 amide bonds. The van der Waals surface area contributed by atoms with Crippen LogP contribution in [0.25, 0.3) is 0 Å². The topological polar surface area (TPSA) is 155 Å². The summed E-state index contributed by atoms with van der Waals surface area (Å²) in [6, 6.07) is 22.3. The van der Waals surface area contributed by atoms with E-state index in [-0.39, 0.29) is 16.7 Å². The molecule has 4 rings (SSSR count). The van der Waals surface area contributed by atoms with E-state index < -0.39 is 64.4 Å². The Kier molecular flexibility index (Phi) is 9.27. The molecule has 0 radical (unpaired) electrons. The van der Waals surface area contributed by atoms with Crippen molar-refractivity contribution in [2.75, 3.05) is 13.7 Å². The van der Waals surface area contributed by atoms with Crippen molar-refractivity contribution in [2.45, 2.75) is 29.8 Å². The van der Waals surface area contributed by atoms with Crippen molar-refractivity contribution in [1.82, 2.24) is 5.32 Å². The summed E-state index contributed by atoms with van der Waals surface area (Å²) in [7, 11) is -3.79. The maximum absolute atomic E-state index is 13.1. The SMILES string of the molecule is CO[C@H]1O[C@H](COC(=O)c2ccccc2)[C@@H](S(=O)(=O)O)[C@H](OC(=O)c2ccccc2)[C@H]1NC(=O)c1ccccc1. The van der Waals surface area contributed by atoms with E-state index in [0.717, 1.165) is 0 Å². The van der Waals surface area contributed by atoms with Crippen molar-refractivity contribution in [1.29, 1.82) is 0 Å². The van der Waals surface area contributed by atoms with Crippen LogP contribution in [0.5, 0.6) is 0 Å². The minimum atomic E-state index is -5.03.